The highest BCUT2D eigenvalue weighted by Crippen LogP contribution is 2.60. The third-order valence-electron chi connectivity index (χ3n) is 5.16. The smallest absolute Gasteiger partial charge is 0.167 e. The molecule has 3 heteroatoms. The predicted molar refractivity (Wildman–Crippen MR) is 77.8 cm³/mol. The summed E-state index contributed by atoms with van der Waals surface area (Å²) in [6.45, 7) is 2.03. The van der Waals surface area contributed by atoms with E-state index in [-0.39, 0.29) is 11.0 Å². The minimum atomic E-state index is 0.0948. The number of nitrogens with two attached hydrogens (primary N) is 1. The number of thiazole rings is 1. The fourth-order valence-electron chi connectivity index (χ4n) is 5.08. The molecule has 0 spiro atoms. The van der Waals surface area contributed by atoms with Crippen molar-refractivity contribution in [3.05, 3.63) is 16.1 Å². The number of rotatable bonds is 0. The van der Waals surface area contributed by atoms with E-state index in [0.29, 0.717) is 0 Å². The van der Waals surface area contributed by atoms with Crippen LogP contribution in [0.2, 0.25) is 0 Å². The molecule has 1 aromatic heterocycles. The van der Waals surface area contributed by atoms with Crippen LogP contribution in [0.4, 0.5) is 0 Å². The van der Waals surface area contributed by atoms with Gasteiger partial charge in [0.15, 0.2) is 5.01 Å². The molecule has 0 aromatic carbocycles. The van der Waals surface area contributed by atoms with Gasteiger partial charge in [-0.05, 0) is 63.2 Å². The van der Waals surface area contributed by atoms with E-state index in [4.69, 9.17) is 5.73 Å². The molecule has 0 amide bonds. The number of nitrogens with zero attached hydrogens (tertiary/aromatic N) is 1. The van der Waals surface area contributed by atoms with Crippen LogP contribution >= 0.6 is 11.3 Å². The predicted octanol–water partition coefficient (Wildman–Crippen LogP) is 3.10. The van der Waals surface area contributed by atoms with Crippen molar-refractivity contribution in [3.8, 4) is 11.8 Å². The topological polar surface area (TPSA) is 38.9 Å². The third-order valence-corrected chi connectivity index (χ3v) is 6.04. The Bertz CT molecular complexity index is 563. The highest BCUT2D eigenvalue weighted by molar-refractivity contribution is 7.10. The van der Waals surface area contributed by atoms with Gasteiger partial charge in [-0.2, -0.15) is 0 Å². The lowest BCUT2D eigenvalue weighted by atomic mass is 9.47. The summed E-state index contributed by atoms with van der Waals surface area (Å²) in [7, 11) is 0. The van der Waals surface area contributed by atoms with Gasteiger partial charge in [0.1, 0.15) is 0 Å². The lowest BCUT2D eigenvalue weighted by molar-refractivity contribution is -0.0349. The van der Waals surface area contributed by atoms with Gasteiger partial charge < -0.3 is 5.73 Å². The molecule has 0 saturated heterocycles. The molecule has 19 heavy (non-hydrogen) atoms. The quantitative estimate of drug-likeness (QED) is 0.737. The molecule has 5 rings (SSSR count). The van der Waals surface area contributed by atoms with Gasteiger partial charge in [0.2, 0.25) is 0 Å². The van der Waals surface area contributed by atoms with Crippen molar-refractivity contribution >= 4 is 11.3 Å². The van der Waals surface area contributed by atoms with Crippen molar-refractivity contribution in [1.29, 1.82) is 0 Å². The summed E-state index contributed by atoms with van der Waals surface area (Å²) in [5.41, 5.74) is 7.98. The minimum absolute atomic E-state index is 0.0948. The molecule has 0 radical (unpaired) electrons. The van der Waals surface area contributed by atoms with Crippen LogP contribution in [0.25, 0.3) is 0 Å². The summed E-state index contributed by atoms with van der Waals surface area (Å²) in [5.74, 6) is 8.61. The zero-order valence-corrected chi connectivity index (χ0v) is 12.2. The zero-order valence-electron chi connectivity index (χ0n) is 11.4. The molecule has 2 nitrogen and oxygen atoms in total. The van der Waals surface area contributed by atoms with E-state index in [9.17, 15) is 0 Å². The van der Waals surface area contributed by atoms with E-state index in [0.717, 1.165) is 29.0 Å². The highest BCUT2D eigenvalue weighted by atomic mass is 32.1. The second kappa shape index (κ2) is 3.84. The van der Waals surface area contributed by atoms with Crippen LogP contribution in [0.5, 0.6) is 0 Å². The SMILES string of the molecule is Cc1csc(C#CC23CC4CC(CC(N)(C4)C2)C3)n1. The molecule has 1 heterocycles. The van der Waals surface area contributed by atoms with E-state index in [1.807, 2.05) is 6.92 Å². The Labute approximate surface area is 118 Å². The normalized spacial score (nSPS) is 43.1. The molecule has 1 aromatic rings. The molecule has 0 aliphatic heterocycles. The molecular weight excluding hydrogens is 252 g/mol. The number of hydrogen-bond donors (Lipinski definition) is 1. The molecule has 4 fully saturated rings. The van der Waals surface area contributed by atoms with Gasteiger partial charge in [-0.1, -0.05) is 5.92 Å². The highest BCUT2D eigenvalue weighted by Gasteiger charge is 2.55. The Morgan fingerprint density at radius 2 is 2.05 bits per heavy atom. The Morgan fingerprint density at radius 1 is 1.32 bits per heavy atom. The number of aryl methyl sites for hydroxylation is 1. The van der Waals surface area contributed by atoms with Crippen molar-refractivity contribution < 1.29 is 0 Å². The first-order chi connectivity index (χ1) is 9.04. The van der Waals surface area contributed by atoms with Crippen molar-refractivity contribution in [1.82, 2.24) is 4.98 Å². The fraction of sp³-hybridized carbons (Fsp3) is 0.688. The maximum absolute atomic E-state index is 6.60. The molecule has 100 valence electrons. The van der Waals surface area contributed by atoms with Crippen molar-refractivity contribution in [2.75, 3.05) is 0 Å². The summed E-state index contributed by atoms with van der Waals surface area (Å²) in [6, 6.07) is 0. The summed E-state index contributed by atoms with van der Waals surface area (Å²) >= 11 is 1.66. The average molecular weight is 272 g/mol. The van der Waals surface area contributed by atoms with Gasteiger partial charge in [0.25, 0.3) is 0 Å². The lowest BCUT2D eigenvalue weighted by Gasteiger charge is -2.59. The Balaban J connectivity index is 1.66. The monoisotopic (exact) mass is 272 g/mol. The van der Waals surface area contributed by atoms with Crippen LogP contribution in [-0.2, 0) is 0 Å². The third kappa shape index (κ3) is 2.02. The molecule has 2 N–H and O–H groups in total. The van der Waals surface area contributed by atoms with E-state index in [2.05, 4.69) is 22.2 Å². The van der Waals surface area contributed by atoms with Crippen molar-refractivity contribution in [2.45, 2.75) is 51.0 Å². The standard InChI is InChI=1S/C16H20N2S/c1-11-9-19-14(18-11)2-3-15-5-12-4-13(6-15)8-16(17,7-12)10-15/h9,12-13H,4-8,10,17H2,1H3. The second-order valence-corrected chi connectivity index (χ2v) is 8.01. The fourth-order valence-corrected chi connectivity index (χ4v) is 5.72. The van der Waals surface area contributed by atoms with E-state index in [1.54, 1.807) is 11.3 Å². The van der Waals surface area contributed by atoms with Crippen LogP contribution in [0.1, 0.15) is 49.2 Å². The Hall–Kier alpha value is -0.850. The van der Waals surface area contributed by atoms with E-state index >= 15 is 0 Å². The molecule has 2 unspecified atom stereocenters. The van der Waals surface area contributed by atoms with Gasteiger partial charge in [0.05, 0.1) is 0 Å². The van der Waals surface area contributed by atoms with Crippen molar-refractivity contribution in [2.24, 2.45) is 23.0 Å². The Kier molecular flexibility index (Phi) is 2.41. The van der Waals surface area contributed by atoms with Crippen molar-refractivity contribution in [3.63, 3.8) is 0 Å². The number of aromatic nitrogens is 1. The van der Waals surface area contributed by atoms with Gasteiger partial charge in [0, 0.05) is 22.0 Å². The summed E-state index contributed by atoms with van der Waals surface area (Å²) < 4.78 is 0. The summed E-state index contributed by atoms with van der Waals surface area (Å²) in [4.78, 5) is 4.46. The van der Waals surface area contributed by atoms with Crippen LogP contribution in [0.3, 0.4) is 0 Å². The van der Waals surface area contributed by atoms with Crippen LogP contribution < -0.4 is 5.73 Å². The molecule has 4 saturated carbocycles. The number of hydrogen-bond acceptors (Lipinski definition) is 3. The molecule has 4 aliphatic rings. The summed E-state index contributed by atoms with van der Waals surface area (Å²) in [5, 5.41) is 3.05. The van der Waals surface area contributed by atoms with Gasteiger partial charge >= 0.3 is 0 Å². The van der Waals surface area contributed by atoms with Gasteiger partial charge in [-0.3, -0.25) is 0 Å². The van der Waals surface area contributed by atoms with E-state index < -0.39 is 0 Å². The maximum atomic E-state index is 6.60. The molecular formula is C16H20N2S. The Morgan fingerprint density at radius 3 is 2.63 bits per heavy atom. The van der Waals surface area contributed by atoms with Gasteiger partial charge in [-0.15, -0.1) is 11.3 Å². The minimum Gasteiger partial charge on any atom is -0.325 e. The maximum Gasteiger partial charge on any atom is 0.167 e. The molecule has 4 bridgehead atoms. The zero-order chi connectivity index (χ0) is 13.1. The first-order valence-corrected chi connectivity index (χ1v) is 8.16. The van der Waals surface area contributed by atoms with E-state index in [1.165, 1.54) is 32.1 Å². The average Bonchev–Trinajstić information content (AvgIpc) is 2.69. The first kappa shape index (κ1) is 11.9. The largest absolute Gasteiger partial charge is 0.325 e. The van der Waals surface area contributed by atoms with Crippen LogP contribution in [0, 0.1) is 36.0 Å². The first-order valence-electron chi connectivity index (χ1n) is 7.29. The van der Waals surface area contributed by atoms with Crippen LogP contribution in [0.15, 0.2) is 5.38 Å². The van der Waals surface area contributed by atoms with Crippen LogP contribution in [-0.4, -0.2) is 10.5 Å². The molecule has 2 atom stereocenters. The summed E-state index contributed by atoms with van der Waals surface area (Å²) in [6.07, 6.45) is 7.55. The molecule has 4 aliphatic carbocycles. The lowest BCUT2D eigenvalue weighted by Crippen LogP contribution is -2.59. The second-order valence-electron chi connectivity index (χ2n) is 7.15. The van der Waals surface area contributed by atoms with Gasteiger partial charge in [-0.25, -0.2) is 4.98 Å².